The molecule has 2 N–H and O–H groups in total. The highest BCUT2D eigenvalue weighted by Crippen LogP contribution is 2.32. The number of nitrogens with zero attached hydrogens (tertiary/aromatic N) is 3. The summed E-state index contributed by atoms with van der Waals surface area (Å²) in [6.07, 6.45) is 1.51. The smallest absolute Gasteiger partial charge is 0.150 e. The molecule has 0 amide bonds. The van der Waals surface area contributed by atoms with Crippen molar-refractivity contribution < 1.29 is 0 Å². The summed E-state index contributed by atoms with van der Waals surface area (Å²) in [4.78, 5) is 8.53. The minimum Gasteiger partial charge on any atom is -0.383 e. The van der Waals surface area contributed by atoms with E-state index in [1.807, 2.05) is 12.1 Å². The molecule has 20 heavy (non-hydrogen) atoms. The topological polar surface area (TPSA) is 56.7 Å². The van der Waals surface area contributed by atoms with Crippen LogP contribution in [0.5, 0.6) is 0 Å². The van der Waals surface area contributed by atoms with Gasteiger partial charge >= 0.3 is 0 Å². The molecular weight excluding hydrogens is 316 g/mol. The fraction of sp³-hybridized carbons (Fsp3) is 0.200. The van der Waals surface area contributed by atoms with Gasteiger partial charge in [-0.3, -0.25) is 4.57 Å². The number of halogens is 1. The van der Waals surface area contributed by atoms with Gasteiger partial charge in [0.25, 0.3) is 0 Å². The maximum atomic E-state index is 6.01. The molecule has 0 aliphatic rings. The number of hydrogen-bond donors (Lipinski definition) is 1. The fourth-order valence-electron chi connectivity index (χ4n) is 2.56. The largest absolute Gasteiger partial charge is 0.383 e. The Hall–Kier alpha value is -1.88. The Balaban J connectivity index is 2.46. The van der Waals surface area contributed by atoms with E-state index in [1.54, 1.807) is 0 Å². The van der Waals surface area contributed by atoms with E-state index in [2.05, 4.69) is 57.3 Å². The van der Waals surface area contributed by atoms with Crippen molar-refractivity contribution in [2.75, 3.05) is 5.73 Å². The molecule has 0 saturated heterocycles. The van der Waals surface area contributed by atoms with Crippen molar-refractivity contribution in [1.29, 1.82) is 0 Å². The molecule has 3 aromatic rings. The second kappa shape index (κ2) is 4.59. The highest BCUT2D eigenvalue weighted by atomic mass is 79.9. The summed E-state index contributed by atoms with van der Waals surface area (Å²) in [6, 6.07) is 6.15. The Bertz CT molecular complexity index is 820. The molecule has 1 aromatic carbocycles. The standard InChI is InChI=1S/C15H15BrN4/c1-8-10(3)20(12-6-4-5-11(16)9(12)2)15-13(8)14(17)18-7-19-15/h4-7H,1-3H3,(H2,17,18,19). The molecule has 0 atom stereocenters. The molecule has 2 aromatic heterocycles. The van der Waals surface area contributed by atoms with Gasteiger partial charge in [-0.15, -0.1) is 0 Å². The van der Waals surface area contributed by atoms with Crippen LogP contribution in [0.15, 0.2) is 29.0 Å². The number of rotatable bonds is 1. The maximum Gasteiger partial charge on any atom is 0.150 e. The normalized spacial score (nSPS) is 11.2. The quantitative estimate of drug-likeness (QED) is 0.740. The Kier molecular flexibility index (Phi) is 3.01. The first kappa shape index (κ1) is 13.1. The highest BCUT2D eigenvalue weighted by molar-refractivity contribution is 9.10. The van der Waals surface area contributed by atoms with Gasteiger partial charge < -0.3 is 5.73 Å². The molecule has 5 heteroatoms. The molecule has 0 radical (unpaired) electrons. The minimum atomic E-state index is 0.530. The summed E-state index contributed by atoms with van der Waals surface area (Å²) >= 11 is 3.58. The summed E-state index contributed by atoms with van der Waals surface area (Å²) in [5, 5.41) is 0.935. The van der Waals surface area contributed by atoms with Gasteiger partial charge in [0, 0.05) is 10.2 Å². The van der Waals surface area contributed by atoms with E-state index < -0.39 is 0 Å². The van der Waals surface area contributed by atoms with Gasteiger partial charge in [-0.1, -0.05) is 22.0 Å². The number of nitrogen functional groups attached to an aromatic ring is 1. The van der Waals surface area contributed by atoms with E-state index >= 15 is 0 Å². The van der Waals surface area contributed by atoms with Crippen molar-refractivity contribution in [2.24, 2.45) is 0 Å². The van der Waals surface area contributed by atoms with Crippen LogP contribution in [0.2, 0.25) is 0 Å². The van der Waals surface area contributed by atoms with E-state index in [-0.39, 0.29) is 0 Å². The zero-order valence-corrected chi connectivity index (χ0v) is 13.2. The van der Waals surface area contributed by atoms with Gasteiger partial charge in [0.15, 0.2) is 5.65 Å². The summed E-state index contributed by atoms with van der Waals surface area (Å²) in [5.74, 6) is 0.530. The molecule has 0 aliphatic heterocycles. The van der Waals surface area contributed by atoms with Crippen molar-refractivity contribution in [2.45, 2.75) is 20.8 Å². The minimum absolute atomic E-state index is 0.530. The molecule has 2 heterocycles. The van der Waals surface area contributed by atoms with Crippen LogP contribution in [0.1, 0.15) is 16.8 Å². The number of aryl methyl sites for hydroxylation is 1. The molecule has 0 spiro atoms. The van der Waals surface area contributed by atoms with Crippen LogP contribution in [0.3, 0.4) is 0 Å². The second-order valence-electron chi connectivity index (χ2n) is 4.89. The van der Waals surface area contributed by atoms with E-state index in [9.17, 15) is 0 Å². The van der Waals surface area contributed by atoms with E-state index in [0.717, 1.165) is 32.5 Å². The van der Waals surface area contributed by atoms with E-state index in [0.29, 0.717) is 5.82 Å². The predicted octanol–water partition coefficient (Wildman–Crippen LogP) is 3.69. The summed E-state index contributed by atoms with van der Waals surface area (Å²) in [5.41, 5.74) is 11.4. The van der Waals surface area contributed by atoms with Crippen LogP contribution in [0, 0.1) is 20.8 Å². The first-order chi connectivity index (χ1) is 9.52. The Labute approximate surface area is 125 Å². The molecule has 3 rings (SSSR count). The van der Waals surface area contributed by atoms with Crippen LogP contribution in [-0.4, -0.2) is 14.5 Å². The van der Waals surface area contributed by atoms with Crippen molar-refractivity contribution in [3.63, 3.8) is 0 Å². The number of aromatic nitrogens is 3. The van der Waals surface area contributed by atoms with E-state index in [1.165, 1.54) is 11.9 Å². The van der Waals surface area contributed by atoms with Crippen molar-refractivity contribution in [3.8, 4) is 5.69 Å². The molecule has 0 bridgehead atoms. The van der Waals surface area contributed by atoms with Gasteiger partial charge in [0.2, 0.25) is 0 Å². The van der Waals surface area contributed by atoms with Crippen molar-refractivity contribution >= 4 is 32.8 Å². The SMILES string of the molecule is Cc1c(Br)cccc1-n1c(C)c(C)c2c(N)ncnc21. The Morgan fingerprint density at radius 2 is 1.85 bits per heavy atom. The Morgan fingerprint density at radius 3 is 2.60 bits per heavy atom. The molecule has 0 unspecified atom stereocenters. The third kappa shape index (κ3) is 1.73. The molecule has 4 nitrogen and oxygen atoms in total. The number of fused-ring (bicyclic) bond motifs is 1. The van der Waals surface area contributed by atoms with Gasteiger partial charge in [0.05, 0.1) is 11.1 Å². The third-order valence-corrected chi connectivity index (χ3v) is 4.66. The fourth-order valence-corrected chi connectivity index (χ4v) is 2.92. The van der Waals surface area contributed by atoms with Gasteiger partial charge in [-0.2, -0.15) is 0 Å². The van der Waals surface area contributed by atoms with Gasteiger partial charge in [0.1, 0.15) is 12.1 Å². The first-order valence-electron chi connectivity index (χ1n) is 6.36. The third-order valence-electron chi connectivity index (χ3n) is 3.80. The lowest BCUT2D eigenvalue weighted by Gasteiger charge is -2.12. The molecule has 102 valence electrons. The Morgan fingerprint density at radius 1 is 1.10 bits per heavy atom. The number of hydrogen-bond acceptors (Lipinski definition) is 3. The van der Waals surface area contributed by atoms with Crippen molar-refractivity contribution in [1.82, 2.24) is 14.5 Å². The monoisotopic (exact) mass is 330 g/mol. The van der Waals surface area contributed by atoms with Gasteiger partial charge in [-0.05, 0) is 44.0 Å². The van der Waals surface area contributed by atoms with Crippen LogP contribution in [0.25, 0.3) is 16.7 Å². The van der Waals surface area contributed by atoms with Gasteiger partial charge in [-0.25, -0.2) is 9.97 Å². The molecular formula is C15H15BrN4. The number of anilines is 1. The van der Waals surface area contributed by atoms with Crippen LogP contribution in [-0.2, 0) is 0 Å². The van der Waals surface area contributed by atoms with Crippen LogP contribution < -0.4 is 5.73 Å². The molecule has 0 aliphatic carbocycles. The number of benzene rings is 1. The van der Waals surface area contributed by atoms with Crippen LogP contribution >= 0.6 is 15.9 Å². The maximum absolute atomic E-state index is 6.01. The lowest BCUT2D eigenvalue weighted by Crippen LogP contribution is -2.01. The molecule has 0 fully saturated rings. The summed E-state index contributed by atoms with van der Waals surface area (Å²) < 4.78 is 3.22. The zero-order valence-electron chi connectivity index (χ0n) is 11.6. The second-order valence-corrected chi connectivity index (χ2v) is 5.74. The number of nitrogens with two attached hydrogens (primary N) is 1. The van der Waals surface area contributed by atoms with Crippen molar-refractivity contribution in [3.05, 3.63) is 45.8 Å². The first-order valence-corrected chi connectivity index (χ1v) is 7.15. The summed E-state index contributed by atoms with van der Waals surface area (Å²) in [7, 11) is 0. The van der Waals surface area contributed by atoms with Crippen LogP contribution in [0.4, 0.5) is 5.82 Å². The zero-order chi connectivity index (χ0) is 14.4. The summed E-state index contributed by atoms with van der Waals surface area (Å²) in [6.45, 7) is 6.22. The lowest BCUT2D eigenvalue weighted by atomic mass is 10.2. The lowest BCUT2D eigenvalue weighted by molar-refractivity contribution is 0.999. The van der Waals surface area contributed by atoms with E-state index in [4.69, 9.17) is 5.73 Å². The average molecular weight is 331 g/mol. The molecule has 0 saturated carbocycles. The highest BCUT2D eigenvalue weighted by Gasteiger charge is 2.17. The average Bonchev–Trinajstić information content (AvgIpc) is 2.67. The predicted molar refractivity (Wildman–Crippen MR) is 85.2 cm³/mol.